The van der Waals surface area contributed by atoms with Crippen molar-refractivity contribution >= 4 is 27.5 Å². The van der Waals surface area contributed by atoms with Crippen LogP contribution in [0.3, 0.4) is 0 Å². The average Bonchev–Trinajstić information content (AvgIpc) is 2.42. The second-order valence-electron chi connectivity index (χ2n) is 4.26. The van der Waals surface area contributed by atoms with Gasteiger partial charge in [0.05, 0.1) is 10.2 Å². The second kappa shape index (κ2) is 5.82. The summed E-state index contributed by atoms with van der Waals surface area (Å²) in [4.78, 5) is 8.97. The van der Waals surface area contributed by atoms with Crippen molar-refractivity contribution in [2.24, 2.45) is 0 Å². The van der Waals surface area contributed by atoms with Gasteiger partial charge in [0.2, 0.25) is 0 Å². The molecule has 0 aliphatic carbocycles. The van der Waals surface area contributed by atoms with Crippen LogP contribution < -0.4 is 0 Å². The molecule has 0 spiro atoms. The Labute approximate surface area is 120 Å². The molecule has 0 aromatic carbocycles. The van der Waals surface area contributed by atoms with E-state index in [1.54, 1.807) is 7.11 Å². The molecule has 1 fully saturated rings. The van der Waals surface area contributed by atoms with Gasteiger partial charge in [-0.2, -0.15) is 0 Å². The van der Waals surface area contributed by atoms with Crippen molar-refractivity contribution in [1.82, 2.24) is 9.97 Å². The van der Waals surface area contributed by atoms with Gasteiger partial charge >= 0.3 is 0 Å². The van der Waals surface area contributed by atoms with Gasteiger partial charge in [0.1, 0.15) is 10.8 Å². The van der Waals surface area contributed by atoms with E-state index in [4.69, 9.17) is 21.1 Å². The Morgan fingerprint density at radius 3 is 2.61 bits per heavy atom. The largest absolute Gasteiger partial charge is 0.381 e. The molecule has 2 rings (SSSR count). The number of aromatic nitrogens is 2. The lowest BCUT2D eigenvalue weighted by molar-refractivity contribution is -0.100. The number of nitrogens with zero attached hydrogens (tertiary/aromatic N) is 2. The van der Waals surface area contributed by atoms with Gasteiger partial charge in [0.25, 0.3) is 0 Å². The first-order valence-corrected chi connectivity index (χ1v) is 7.15. The monoisotopic (exact) mass is 334 g/mol. The smallest absolute Gasteiger partial charge is 0.162 e. The van der Waals surface area contributed by atoms with E-state index < -0.39 is 5.60 Å². The van der Waals surface area contributed by atoms with Gasteiger partial charge < -0.3 is 9.47 Å². The first kappa shape index (κ1) is 14.2. The van der Waals surface area contributed by atoms with Crippen molar-refractivity contribution in [3.8, 4) is 0 Å². The standard InChI is InChI=1S/C12H16BrClN2O2/c1-3-8-9(13)10(14)16-11(15-8)12(17-2)4-6-18-7-5-12/h3-7H2,1-2H3. The summed E-state index contributed by atoms with van der Waals surface area (Å²) >= 11 is 9.57. The summed E-state index contributed by atoms with van der Waals surface area (Å²) in [5, 5.41) is 0.444. The summed E-state index contributed by atoms with van der Waals surface area (Å²) in [6.07, 6.45) is 2.31. The quantitative estimate of drug-likeness (QED) is 0.796. The van der Waals surface area contributed by atoms with E-state index in [1.165, 1.54) is 0 Å². The summed E-state index contributed by atoms with van der Waals surface area (Å²) in [6.45, 7) is 3.36. The summed E-state index contributed by atoms with van der Waals surface area (Å²) in [5.74, 6) is 0.665. The van der Waals surface area contributed by atoms with Gasteiger partial charge in [-0.05, 0) is 22.4 Å². The van der Waals surface area contributed by atoms with Crippen LogP contribution in [-0.4, -0.2) is 30.3 Å². The van der Waals surface area contributed by atoms with E-state index in [2.05, 4.69) is 25.9 Å². The number of rotatable bonds is 3. The van der Waals surface area contributed by atoms with Crippen LogP contribution >= 0.6 is 27.5 Å². The molecule has 1 saturated heterocycles. The molecule has 0 radical (unpaired) electrons. The van der Waals surface area contributed by atoms with Gasteiger partial charge in [-0.3, -0.25) is 0 Å². The van der Waals surface area contributed by atoms with Crippen molar-refractivity contribution in [2.75, 3.05) is 20.3 Å². The van der Waals surface area contributed by atoms with Gasteiger partial charge in [-0.1, -0.05) is 18.5 Å². The minimum Gasteiger partial charge on any atom is -0.381 e. The Morgan fingerprint density at radius 2 is 2.06 bits per heavy atom. The minimum absolute atomic E-state index is 0.444. The zero-order valence-electron chi connectivity index (χ0n) is 10.5. The molecule has 18 heavy (non-hydrogen) atoms. The Morgan fingerprint density at radius 1 is 1.39 bits per heavy atom. The number of methoxy groups -OCH3 is 1. The molecule has 1 aromatic heterocycles. The minimum atomic E-state index is -0.466. The molecule has 0 unspecified atom stereocenters. The van der Waals surface area contributed by atoms with E-state index in [0.717, 1.165) is 29.4 Å². The number of halogens is 2. The topological polar surface area (TPSA) is 44.2 Å². The molecule has 1 aliphatic rings. The van der Waals surface area contributed by atoms with Gasteiger partial charge in [-0.25, -0.2) is 9.97 Å². The molecule has 0 saturated carbocycles. The van der Waals surface area contributed by atoms with Crippen LogP contribution in [0.2, 0.25) is 5.15 Å². The summed E-state index contributed by atoms with van der Waals surface area (Å²) < 4.78 is 11.8. The normalized spacial score (nSPS) is 18.9. The number of hydrogen-bond donors (Lipinski definition) is 0. The van der Waals surface area contributed by atoms with Crippen molar-refractivity contribution in [2.45, 2.75) is 31.8 Å². The van der Waals surface area contributed by atoms with Crippen LogP contribution in [0.5, 0.6) is 0 Å². The molecule has 0 bridgehead atoms. The zero-order valence-corrected chi connectivity index (χ0v) is 12.8. The fraction of sp³-hybridized carbons (Fsp3) is 0.667. The molecule has 100 valence electrons. The molecular weight excluding hydrogens is 320 g/mol. The summed E-state index contributed by atoms with van der Waals surface area (Å²) in [7, 11) is 1.69. The first-order valence-electron chi connectivity index (χ1n) is 5.98. The van der Waals surface area contributed by atoms with Crippen LogP contribution in [0.25, 0.3) is 0 Å². The zero-order chi connectivity index (χ0) is 13.2. The number of ether oxygens (including phenoxy) is 2. The Kier molecular flexibility index (Phi) is 4.59. The van der Waals surface area contributed by atoms with Crippen molar-refractivity contribution in [1.29, 1.82) is 0 Å². The van der Waals surface area contributed by atoms with Crippen LogP contribution in [0.4, 0.5) is 0 Å². The lowest BCUT2D eigenvalue weighted by Gasteiger charge is -2.34. The lowest BCUT2D eigenvalue weighted by atomic mass is 9.93. The first-order chi connectivity index (χ1) is 8.63. The van der Waals surface area contributed by atoms with E-state index in [9.17, 15) is 0 Å². The number of aryl methyl sites for hydroxylation is 1. The molecular formula is C12H16BrClN2O2. The Hall–Kier alpha value is -0.230. The lowest BCUT2D eigenvalue weighted by Crippen LogP contribution is -2.37. The average molecular weight is 336 g/mol. The van der Waals surface area contributed by atoms with Crippen LogP contribution in [0.15, 0.2) is 4.47 Å². The summed E-state index contributed by atoms with van der Waals surface area (Å²) in [6, 6.07) is 0. The fourth-order valence-corrected chi connectivity index (χ4v) is 2.77. The van der Waals surface area contributed by atoms with Crippen molar-refractivity contribution in [3.05, 3.63) is 21.1 Å². The SMILES string of the molecule is CCc1nc(C2(OC)CCOCC2)nc(Cl)c1Br. The predicted molar refractivity (Wildman–Crippen MR) is 72.9 cm³/mol. The fourth-order valence-electron chi connectivity index (χ4n) is 2.12. The maximum atomic E-state index is 6.15. The van der Waals surface area contributed by atoms with Crippen molar-refractivity contribution in [3.63, 3.8) is 0 Å². The van der Waals surface area contributed by atoms with Crippen molar-refractivity contribution < 1.29 is 9.47 Å². The highest BCUT2D eigenvalue weighted by Crippen LogP contribution is 2.35. The Bertz CT molecular complexity index is 436. The highest BCUT2D eigenvalue weighted by molar-refractivity contribution is 9.10. The third kappa shape index (κ3) is 2.54. The molecule has 0 N–H and O–H groups in total. The molecule has 1 aliphatic heterocycles. The van der Waals surface area contributed by atoms with E-state index in [0.29, 0.717) is 24.2 Å². The number of hydrogen-bond acceptors (Lipinski definition) is 4. The molecule has 0 amide bonds. The summed E-state index contributed by atoms with van der Waals surface area (Å²) in [5.41, 5.74) is 0.444. The highest BCUT2D eigenvalue weighted by atomic mass is 79.9. The molecule has 1 aromatic rings. The van der Waals surface area contributed by atoms with Crippen LogP contribution in [0.1, 0.15) is 31.3 Å². The maximum absolute atomic E-state index is 6.15. The van der Waals surface area contributed by atoms with E-state index in [1.807, 2.05) is 6.92 Å². The molecule has 6 heteroatoms. The molecule has 2 heterocycles. The maximum Gasteiger partial charge on any atom is 0.162 e. The predicted octanol–water partition coefficient (Wildman–Crippen LogP) is 3.11. The third-order valence-electron chi connectivity index (χ3n) is 3.31. The van der Waals surface area contributed by atoms with E-state index >= 15 is 0 Å². The van der Waals surface area contributed by atoms with Crippen LogP contribution in [-0.2, 0) is 21.5 Å². The van der Waals surface area contributed by atoms with E-state index in [-0.39, 0.29) is 0 Å². The Balaban J connectivity index is 2.45. The second-order valence-corrected chi connectivity index (χ2v) is 5.41. The van der Waals surface area contributed by atoms with Gasteiger partial charge in [-0.15, -0.1) is 0 Å². The molecule has 0 atom stereocenters. The van der Waals surface area contributed by atoms with Crippen LogP contribution in [0, 0.1) is 0 Å². The van der Waals surface area contributed by atoms with Gasteiger partial charge in [0, 0.05) is 33.2 Å². The third-order valence-corrected chi connectivity index (χ3v) is 4.65. The molecule has 4 nitrogen and oxygen atoms in total. The van der Waals surface area contributed by atoms with Gasteiger partial charge in [0.15, 0.2) is 5.82 Å². The highest BCUT2D eigenvalue weighted by Gasteiger charge is 2.38.